The molecular formula is C9H10N4S. The lowest BCUT2D eigenvalue weighted by molar-refractivity contribution is 1.04. The van der Waals surface area contributed by atoms with Crippen molar-refractivity contribution in [3.8, 4) is 0 Å². The van der Waals surface area contributed by atoms with E-state index in [-0.39, 0.29) is 0 Å². The summed E-state index contributed by atoms with van der Waals surface area (Å²) in [6.07, 6.45) is 0. The van der Waals surface area contributed by atoms with Crippen molar-refractivity contribution in [3.05, 3.63) is 36.2 Å². The molecule has 14 heavy (non-hydrogen) atoms. The van der Waals surface area contributed by atoms with E-state index >= 15 is 0 Å². The highest BCUT2D eigenvalue weighted by atomic mass is 32.2. The molecule has 72 valence electrons. The first-order chi connectivity index (χ1) is 6.84. The molecule has 0 aliphatic carbocycles. The number of nitrogens with one attached hydrogen (secondary N) is 2. The van der Waals surface area contributed by atoms with E-state index in [1.165, 1.54) is 11.9 Å². The van der Waals surface area contributed by atoms with Gasteiger partial charge >= 0.3 is 0 Å². The molecule has 0 aliphatic heterocycles. The predicted octanol–water partition coefficient (Wildman–Crippen LogP) is 2.23. The molecule has 0 spiro atoms. The highest BCUT2D eigenvalue weighted by molar-refractivity contribution is 8.00. The molecule has 0 amide bonds. The third-order valence-electron chi connectivity index (χ3n) is 1.60. The Bertz CT molecular complexity index is 398. The van der Waals surface area contributed by atoms with Crippen LogP contribution in [0, 0.1) is 6.92 Å². The number of aromatic amines is 1. The summed E-state index contributed by atoms with van der Waals surface area (Å²) in [4.78, 5) is 5.26. The molecule has 0 bridgehead atoms. The third kappa shape index (κ3) is 2.26. The second-order valence-corrected chi connectivity index (χ2v) is 3.64. The highest BCUT2D eigenvalue weighted by Gasteiger charge is 1.98. The van der Waals surface area contributed by atoms with Gasteiger partial charge in [-0.25, -0.2) is 0 Å². The van der Waals surface area contributed by atoms with Gasteiger partial charge in [-0.15, -0.1) is 5.10 Å². The molecule has 2 aromatic rings. The normalized spacial score (nSPS) is 10.1. The summed E-state index contributed by atoms with van der Waals surface area (Å²) in [5, 5.41) is 6.73. The Kier molecular flexibility index (Phi) is 2.69. The van der Waals surface area contributed by atoms with E-state index in [1.54, 1.807) is 0 Å². The Balaban J connectivity index is 1.95. The van der Waals surface area contributed by atoms with Crippen molar-refractivity contribution >= 4 is 17.9 Å². The minimum atomic E-state index is 0.608. The van der Waals surface area contributed by atoms with Gasteiger partial charge < -0.3 is 0 Å². The van der Waals surface area contributed by atoms with Gasteiger partial charge in [0, 0.05) is 4.90 Å². The van der Waals surface area contributed by atoms with E-state index < -0.39 is 0 Å². The number of aromatic nitrogens is 3. The maximum absolute atomic E-state index is 4.13. The smallest absolute Gasteiger partial charge is 0.252 e. The SMILES string of the molecule is Cc1nc(NSc2ccccc2)n[nH]1. The van der Waals surface area contributed by atoms with Crippen molar-refractivity contribution in [1.82, 2.24) is 15.2 Å². The first-order valence-electron chi connectivity index (χ1n) is 4.21. The molecule has 1 heterocycles. The van der Waals surface area contributed by atoms with E-state index in [0.717, 1.165) is 10.7 Å². The number of anilines is 1. The Labute approximate surface area is 86.3 Å². The number of benzene rings is 1. The van der Waals surface area contributed by atoms with Crippen molar-refractivity contribution in [3.63, 3.8) is 0 Å². The van der Waals surface area contributed by atoms with Gasteiger partial charge in [0.15, 0.2) is 0 Å². The standard InChI is InChI=1S/C9H10N4S/c1-7-10-9(12-11-7)13-14-8-5-3-2-4-6-8/h2-6H,1H3,(H2,10,11,12,13). The maximum atomic E-state index is 4.13. The van der Waals surface area contributed by atoms with Crippen LogP contribution in [0.4, 0.5) is 5.95 Å². The fourth-order valence-corrected chi connectivity index (χ4v) is 1.58. The molecule has 0 saturated heterocycles. The summed E-state index contributed by atoms with van der Waals surface area (Å²) in [6, 6.07) is 10.0. The van der Waals surface area contributed by atoms with E-state index in [0.29, 0.717) is 5.95 Å². The van der Waals surface area contributed by atoms with Gasteiger partial charge in [0.2, 0.25) is 0 Å². The Morgan fingerprint density at radius 1 is 1.29 bits per heavy atom. The van der Waals surface area contributed by atoms with Crippen molar-refractivity contribution < 1.29 is 0 Å². The summed E-state index contributed by atoms with van der Waals surface area (Å²) < 4.78 is 3.04. The molecule has 5 heteroatoms. The topological polar surface area (TPSA) is 53.6 Å². The van der Waals surface area contributed by atoms with Crippen LogP contribution >= 0.6 is 11.9 Å². The molecule has 2 N–H and O–H groups in total. The molecule has 0 fully saturated rings. The van der Waals surface area contributed by atoms with Crippen molar-refractivity contribution in [2.75, 3.05) is 4.72 Å². The Morgan fingerprint density at radius 3 is 2.71 bits per heavy atom. The maximum Gasteiger partial charge on any atom is 0.252 e. The number of hydrogen-bond donors (Lipinski definition) is 2. The average Bonchev–Trinajstić information content (AvgIpc) is 2.63. The van der Waals surface area contributed by atoms with E-state index in [9.17, 15) is 0 Å². The van der Waals surface area contributed by atoms with Crippen LogP contribution in [0.2, 0.25) is 0 Å². The Morgan fingerprint density at radius 2 is 2.07 bits per heavy atom. The van der Waals surface area contributed by atoms with E-state index in [2.05, 4.69) is 19.9 Å². The fourth-order valence-electron chi connectivity index (χ4n) is 0.981. The first-order valence-corrected chi connectivity index (χ1v) is 5.03. The molecule has 0 saturated carbocycles. The van der Waals surface area contributed by atoms with Gasteiger partial charge in [-0.2, -0.15) is 4.98 Å². The average molecular weight is 206 g/mol. The summed E-state index contributed by atoms with van der Waals surface area (Å²) in [7, 11) is 0. The van der Waals surface area contributed by atoms with Crippen LogP contribution in [0.3, 0.4) is 0 Å². The summed E-state index contributed by atoms with van der Waals surface area (Å²) in [5.41, 5.74) is 0. The second kappa shape index (κ2) is 4.15. The third-order valence-corrected chi connectivity index (χ3v) is 2.39. The number of H-pyrrole nitrogens is 1. The predicted molar refractivity (Wildman–Crippen MR) is 57.0 cm³/mol. The van der Waals surface area contributed by atoms with Crippen LogP contribution < -0.4 is 4.72 Å². The molecule has 0 unspecified atom stereocenters. The van der Waals surface area contributed by atoms with Crippen LogP contribution in [0.1, 0.15) is 5.82 Å². The first kappa shape index (κ1) is 9.08. The molecular weight excluding hydrogens is 196 g/mol. The zero-order valence-corrected chi connectivity index (χ0v) is 8.51. The van der Waals surface area contributed by atoms with Crippen LogP contribution in [0.5, 0.6) is 0 Å². The molecule has 4 nitrogen and oxygen atoms in total. The molecule has 2 rings (SSSR count). The monoisotopic (exact) mass is 206 g/mol. The largest absolute Gasteiger partial charge is 0.293 e. The number of rotatable bonds is 3. The zero-order valence-electron chi connectivity index (χ0n) is 7.69. The van der Waals surface area contributed by atoms with E-state index in [4.69, 9.17) is 0 Å². The molecule has 0 radical (unpaired) electrons. The van der Waals surface area contributed by atoms with Crippen LogP contribution in [-0.4, -0.2) is 15.2 Å². The van der Waals surface area contributed by atoms with Gasteiger partial charge in [0.05, 0.1) is 0 Å². The van der Waals surface area contributed by atoms with E-state index in [1.807, 2.05) is 37.3 Å². The van der Waals surface area contributed by atoms with Gasteiger partial charge in [-0.05, 0) is 31.0 Å². The van der Waals surface area contributed by atoms with Gasteiger partial charge in [0.25, 0.3) is 5.95 Å². The quantitative estimate of drug-likeness (QED) is 0.756. The van der Waals surface area contributed by atoms with Gasteiger partial charge in [0.1, 0.15) is 5.82 Å². The lowest BCUT2D eigenvalue weighted by atomic mass is 10.4. The Hall–Kier alpha value is -1.49. The summed E-state index contributed by atoms with van der Waals surface area (Å²) in [5.74, 6) is 1.41. The van der Waals surface area contributed by atoms with Crippen molar-refractivity contribution in [2.45, 2.75) is 11.8 Å². The zero-order chi connectivity index (χ0) is 9.80. The summed E-state index contributed by atoms with van der Waals surface area (Å²) >= 11 is 1.49. The highest BCUT2D eigenvalue weighted by Crippen LogP contribution is 2.17. The van der Waals surface area contributed by atoms with Gasteiger partial charge in [-0.1, -0.05) is 18.2 Å². The molecule has 1 aromatic carbocycles. The minimum absolute atomic E-state index is 0.608. The number of nitrogens with zero attached hydrogens (tertiary/aromatic N) is 2. The lowest BCUT2D eigenvalue weighted by Gasteiger charge is -1.99. The summed E-state index contributed by atoms with van der Waals surface area (Å²) in [6.45, 7) is 1.87. The lowest BCUT2D eigenvalue weighted by Crippen LogP contribution is -1.88. The molecule has 1 aromatic heterocycles. The number of hydrogen-bond acceptors (Lipinski definition) is 4. The van der Waals surface area contributed by atoms with Gasteiger partial charge in [-0.3, -0.25) is 9.82 Å². The van der Waals surface area contributed by atoms with Crippen molar-refractivity contribution in [1.29, 1.82) is 0 Å². The number of aryl methyl sites for hydroxylation is 1. The van der Waals surface area contributed by atoms with Crippen LogP contribution in [0.25, 0.3) is 0 Å². The fraction of sp³-hybridized carbons (Fsp3) is 0.111. The second-order valence-electron chi connectivity index (χ2n) is 2.76. The minimum Gasteiger partial charge on any atom is -0.293 e. The van der Waals surface area contributed by atoms with Crippen LogP contribution in [-0.2, 0) is 0 Å². The van der Waals surface area contributed by atoms with Crippen LogP contribution in [0.15, 0.2) is 35.2 Å². The van der Waals surface area contributed by atoms with Crippen molar-refractivity contribution in [2.24, 2.45) is 0 Å². The molecule has 0 atom stereocenters. The molecule has 0 aliphatic rings.